The van der Waals surface area contributed by atoms with Gasteiger partial charge >= 0.3 is 7.12 Å². The highest BCUT2D eigenvalue weighted by molar-refractivity contribution is 6.58. The predicted octanol–water partition coefficient (Wildman–Crippen LogP) is 1.94. The molecule has 1 heterocycles. The van der Waals surface area contributed by atoms with Crippen molar-refractivity contribution < 1.29 is 10.0 Å². The molecule has 0 bridgehead atoms. The van der Waals surface area contributed by atoms with E-state index in [1.807, 2.05) is 54.6 Å². The number of para-hydroxylation sites is 1. The van der Waals surface area contributed by atoms with Crippen LogP contribution < -0.4 is 11.0 Å². The number of benzene rings is 3. The van der Waals surface area contributed by atoms with Gasteiger partial charge in [-0.15, -0.1) is 0 Å². The molecular formula is C20H15BN2O3. The quantitative estimate of drug-likeness (QED) is 0.497. The first-order valence-electron chi connectivity index (χ1n) is 8.18. The third kappa shape index (κ3) is 3.03. The minimum Gasteiger partial charge on any atom is -0.423 e. The summed E-state index contributed by atoms with van der Waals surface area (Å²) in [4.78, 5) is 19.7. The summed E-state index contributed by atoms with van der Waals surface area (Å²) in [6.07, 6.45) is 0. The zero-order valence-corrected chi connectivity index (χ0v) is 13.8. The third-order valence-electron chi connectivity index (χ3n) is 4.29. The zero-order chi connectivity index (χ0) is 18.1. The number of nitrogens with one attached hydrogen (secondary N) is 1. The lowest BCUT2D eigenvalue weighted by molar-refractivity contribution is 0.426. The smallest absolute Gasteiger partial charge is 0.423 e. The van der Waals surface area contributed by atoms with Crippen LogP contribution in [0.25, 0.3) is 33.4 Å². The van der Waals surface area contributed by atoms with Crippen LogP contribution in [0.3, 0.4) is 0 Å². The van der Waals surface area contributed by atoms with E-state index in [9.17, 15) is 14.8 Å². The molecule has 5 nitrogen and oxygen atoms in total. The van der Waals surface area contributed by atoms with Crippen LogP contribution in [0, 0.1) is 0 Å². The summed E-state index contributed by atoms with van der Waals surface area (Å²) in [5.74, 6) is 0.512. The van der Waals surface area contributed by atoms with Crippen molar-refractivity contribution in [3.8, 4) is 22.5 Å². The van der Waals surface area contributed by atoms with E-state index in [0.29, 0.717) is 22.2 Å². The summed E-state index contributed by atoms with van der Waals surface area (Å²) in [6.45, 7) is 0. The van der Waals surface area contributed by atoms with Crippen LogP contribution in [-0.2, 0) is 0 Å². The van der Waals surface area contributed by atoms with E-state index < -0.39 is 7.12 Å². The van der Waals surface area contributed by atoms with Crippen LogP contribution >= 0.6 is 0 Å². The summed E-state index contributed by atoms with van der Waals surface area (Å²) in [5.41, 5.74) is 3.59. The maximum atomic E-state index is 12.3. The molecule has 0 atom stereocenters. The van der Waals surface area contributed by atoms with Crippen molar-refractivity contribution in [1.82, 2.24) is 9.97 Å². The number of nitrogens with zero attached hydrogens (tertiary/aromatic N) is 1. The van der Waals surface area contributed by atoms with Crippen molar-refractivity contribution in [2.45, 2.75) is 0 Å². The largest absolute Gasteiger partial charge is 0.488 e. The first-order chi connectivity index (χ1) is 12.6. The van der Waals surface area contributed by atoms with Gasteiger partial charge < -0.3 is 15.0 Å². The van der Waals surface area contributed by atoms with E-state index in [0.717, 1.165) is 16.7 Å². The molecule has 0 aliphatic carbocycles. The van der Waals surface area contributed by atoms with Gasteiger partial charge in [0.15, 0.2) is 0 Å². The van der Waals surface area contributed by atoms with E-state index in [-0.39, 0.29) is 5.56 Å². The lowest BCUT2D eigenvalue weighted by Gasteiger charge is -2.07. The minimum absolute atomic E-state index is 0.169. The number of rotatable bonds is 3. The Morgan fingerprint density at radius 2 is 1.54 bits per heavy atom. The second-order valence-electron chi connectivity index (χ2n) is 6.01. The standard InChI is InChI=1S/C20H15BN2O3/c24-20-17-6-1-2-7-18(17)22-19(23-20)15-5-3-4-14(12-15)13-8-10-16(11-9-13)21(25)26/h1-12,25-26H,(H,22,23,24). The van der Waals surface area contributed by atoms with E-state index in [1.54, 1.807) is 18.2 Å². The Labute approximate surface area is 149 Å². The molecule has 0 amide bonds. The maximum Gasteiger partial charge on any atom is 0.488 e. The number of hydrogen-bond donors (Lipinski definition) is 3. The highest BCUT2D eigenvalue weighted by Crippen LogP contribution is 2.24. The molecule has 26 heavy (non-hydrogen) atoms. The van der Waals surface area contributed by atoms with E-state index in [2.05, 4.69) is 9.97 Å². The summed E-state index contributed by atoms with van der Waals surface area (Å²) in [7, 11) is -1.48. The van der Waals surface area contributed by atoms with Crippen LogP contribution in [0.1, 0.15) is 0 Å². The molecule has 4 aromatic rings. The van der Waals surface area contributed by atoms with Crippen LogP contribution in [0.2, 0.25) is 0 Å². The molecule has 1 aromatic heterocycles. The molecule has 6 heteroatoms. The normalized spacial score (nSPS) is 10.8. The Morgan fingerprint density at radius 1 is 0.808 bits per heavy atom. The van der Waals surface area contributed by atoms with Crippen LogP contribution in [0.5, 0.6) is 0 Å². The van der Waals surface area contributed by atoms with Crippen molar-refractivity contribution in [2.75, 3.05) is 0 Å². The van der Waals surface area contributed by atoms with Crippen molar-refractivity contribution in [3.63, 3.8) is 0 Å². The number of fused-ring (bicyclic) bond motifs is 1. The summed E-state index contributed by atoms with van der Waals surface area (Å²) < 4.78 is 0. The molecule has 0 fully saturated rings. The topological polar surface area (TPSA) is 86.2 Å². The second kappa shape index (κ2) is 6.59. The Morgan fingerprint density at radius 3 is 2.31 bits per heavy atom. The van der Waals surface area contributed by atoms with Crippen LogP contribution in [0.4, 0.5) is 0 Å². The van der Waals surface area contributed by atoms with Gasteiger partial charge in [0.05, 0.1) is 10.9 Å². The summed E-state index contributed by atoms with van der Waals surface area (Å²) >= 11 is 0. The molecule has 4 rings (SSSR count). The van der Waals surface area contributed by atoms with Crippen molar-refractivity contribution in [2.24, 2.45) is 0 Å². The Balaban J connectivity index is 1.77. The van der Waals surface area contributed by atoms with Crippen molar-refractivity contribution >= 4 is 23.5 Å². The molecule has 0 saturated carbocycles. The molecule has 0 radical (unpaired) electrons. The number of aromatic nitrogens is 2. The highest BCUT2D eigenvalue weighted by atomic mass is 16.4. The number of aromatic amines is 1. The Kier molecular flexibility index (Phi) is 4.12. The molecule has 0 unspecified atom stereocenters. The fraction of sp³-hybridized carbons (Fsp3) is 0. The van der Waals surface area contributed by atoms with Gasteiger partial charge in [-0.25, -0.2) is 4.98 Å². The SMILES string of the molecule is O=c1[nH]c(-c2cccc(-c3ccc(B(O)O)cc3)c2)nc2ccccc12. The van der Waals surface area contributed by atoms with E-state index >= 15 is 0 Å². The maximum absolute atomic E-state index is 12.3. The fourth-order valence-corrected chi connectivity index (χ4v) is 2.92. The molecule has 0 saturated heterocycles. The molecular weight excluding hydrogens is 327 g/mol. The lowest BCUT2D eigenvalue weighted by Crippen LogP contribution is -2.29. The molecule has 126 valence electrons. The van der Waals surface area contributed by atoms with Gasteiger partial charge in [-0.05, 0) is 34.8 Å². The zero-order valence-electron chi connectivity index (χ0n) is 13.8. The average molecular weight is 342 g/mol. The first kappa shape index (κ1) is 16.3. The second-order valence-corrected chi connectivity index (χ2v) is 6.01. The Hall–Kier alpha value is -3.22. The van der Waals surface area contributed by atoms with Gasteiger partial charge in [0, 0.05) is 5.56 Å². The van der Waals surface area contributed by atoms with E-state index in [1.165, 1.54) is 0 Å². The summed E-state index contributed by atoms with van der Waals surface area (Å²) in [6, 6.07) is 21.9. The fourth-order valence-electron chi connectivity index (χ4n) is 2.92. The number of H-pyrrole nitrogens is 1. The van der Waals surface area contributed by atoms with Gasteiger partial charge in [0.1, 0.15) is 5.82 Å². The first-order valence-corrected chi connectivity index (χ1v) is 8.18. The monoisotopic (exact) mass is 342 g/mol. The summed E-state index contributed by atoms with van der Waals surface area (Å²) in [5, 5.41) is 19.0. The predicted molar refractivity (Wildman–Crippen MR) is 103 cm³/mol. The minimum atomic E-state index is -1.48. The van der Waals surface area contributed by atoms with Gasteiger partial charge in [0.2, 0.25) is 0 Å². The molecule has 0 spiro atoms. The average Bonchev–Trinajstić information content (AvgIpc) is 2.68. The van der Waals surface area contributed by atoms with Crippen molar-refractivity contribution in [1.29, 1.82) is 0 Å². The van der Waals surface area contributed by atoms with Gasteiger partial charge in [-0.3, -0.25) is 4.79 Å². The lowest BCUT2D eigenvalue weighted by atomic mass is 9.80. The van der Waals surface area contributed by atoms with Gasteiger partial charge in [-0.1, -0.05) is 54.6 Å². The number of hydrogen-bond acceptors (Lipinski definition) is 4. The van der Waals surface area contributed by atoms with E-state index in [4.69, 9.17) is 0 Å². The van der Waals surface area contributed by atoms with Crippen molar-refractivity contribution in [3.05, 3.63) is 83.2 Å². The molecule has 0 aliphatic heterocycles. The molecule has 0 aliphatic rings. The van der Waals surface area contributed by atoms with Crippen LogP contribution in [-0.4, -0.2) is 27.1 Å². The highest BCUT2D eigenvalue weighted by Gasteiger charge is 2.11. The van der Waals surface area contributed by atoms with Gasteiger partial charge in [-0.2, -0.15) is 0 Å². The molecule has 3 aromatic carbocycles. The Bertz CT molecular complexity index is 1140. The molecule has 3 N–H and O–H groups in total. The van der Waals surface area contributed by atoms with Crippen LogP contribution in [0.15, 0.2) is 77.6 Å². The third-order valence-corrected chi connectivity index (χ3v) is 4.29. The van der Waals surface area contributed by atoms with Gasteiger partial charge in [0.25, 0.3) is 5.56 Å².